The van der Waals surface area contributed by atoms with Crippen molar-refractivity contribution < 1.29 is 33.6 Å². The van der Waals surface area contributed by atoms with E-state index in [4.69, 9.17) is 23.9 Å². The van der Waals surface area contributed by atoms with Gasteiger partial charge in [0.1, 0.15) is 23.9 Å². The number of carbonyl (C=O) groups is 2. The number of rotatable bonds is 11. The first kappa shape index (κ1) is 30.7. The standard InChI is InChI=1S/C36H32N2O7S/c1-4-43-25-14-11-23(12-15-25)33(39)31-32(24-13-18-28(29(19-24)44-5-2)45-21-22-9-7-6-8-10-22)38(35(41)34(31)40)36-37-27-17-16-26(42-3)20-30(27)46-36/h6-20,32,39H,4-5,21H2,1-3H3/b33-31+. The fraction of sp³-hybridized carbons (Fsp3) is 0.194. The lowest BCUT2D eigenvalue weighted by Crippen LogP contribution is -2.29. The number of aliphatic hydroxyl groups is 1. The molecular weight excluding hydrogens is 604 g/mol. The van der Waals surface area contributed by atoms with Gasteiger partial charge in [0.15, 0.2) is 16.6 Å². The number of benzene rings is 4. The summed E-state index contributed by atoms with van der Waals surface area (Å²) in [6.45, 7) is 4.91. The monoisotopic (exact) mass is 636 g/mol. The van der Waals surface area contributed by atoms with Gasteiger partial charge in [-0.15, -0.1) is 0 Å². The highest BCUT2D eigenvalue weighted by molar-refractivity contribution is 7.22. The van der Waals surface area contributed by atoms with Crippen LogP contribution in [0.2, 0.25) is 0 Å². The quantitative estimate of drug-likeness (QED) is 0.0914. The summed E-state index contributed by atoms with van der Waals surface area (Å²) in [5.41, 5.74) is 2.48. The number of fused-ring (bicyclic) bond motifs is 1. The second-order valence-corrected chi connectivity index (χ2v) is 11.4. The Morgan fingerprint density at radius 1 is 0.848 bits per heavy atom. The molecule has 0 spiro atoms. The molecule has 1 fully saturated rings. The van der Waals surface area contributed by atoms with E-state index in [1.807, 2.05) is 50.2 Å². The maximum Gasteiger partial charge on any atom is 0.301 e. The first-order valence-electron chi connectivity index (χ1n) is 14.8. The van der Waals surface area contributed by atoms with Crippen molar-refractivity contribution in [2.75, 3.05) is 25.2 Å². The van der Waals surface area contributed by atoms with E-state index in [0.29, 0.717) is 64.6 Å². The van der Waals surface area contributed by atoms with Crippen molar-refractivity contribution in [2.45, 2.75) is 26.5 Å². The molecule has 1 amide bonds. The highest BCUT2D eigenvalue weighted by Crippen LogP contribution is 2.46. The third-order valence-electron chi connectivity index (χ3n) is 7.49. The van der Waals surface area contributed by atoms with E-state index in [1.54, 1.807) is 61.7 Å². The summed E-state index contributed by atoms with van der Waals surface area (Å²) in [5.74, 6) is 0.278. The third kappa shape index (κ3) is 5.99. The van der Waals surface area contributed by atoms with Crippen LogP contribution in [0.25, 0.3) is 16.0 Å². The summed E-state index contributed by atoms with van der Waals surface area (Å²) >= 11 is 1.25. The number of hydrogen-bond acceptors (Lipinski definition) is 9. The number of carbonyl (C=O) groups excluding carboxylic acids is 2. The van der Waals surface area contributed by atoms with Gasteiger partial charge in [0.25, 0.3) is 5.78 Å². The van der Waals surface area contributed by atoms with Crippen LogP contribution in [-0.4, -0.2) is 42.1 Å². The van der Waals surface area contributed by atoms with Crippen molar-refractivity contribution in [1.29, 1.82) is 0 Å². The average Bonchev–Trinajstić information content (AvgIpc) is 3.62. The van der Waals surface area contributed by atoms with E-state index in [1.165, 1.54) is 16.2 Å². The van der Waals surface area contributed by atoms with Gasteiger partial charge in [0.2, 0.25) is 0 Å². The highest BCUT2D eigenvalue weighted by atomic mass is 32.1. The van der Waals surface area contributed by atoms with Gasteiger partial charge in [-0.05, 0) is 79.6 Å². The van der Waals surface area contributed by atoms with Gasteiger partial charge in [-0.3, -0.25) is 14.5 Å². The third-order valence-corrected chi connectivity index (χ3v) is 8.51. The number of aromatic nitrogens is 1. The van der Waals surface area contributed by atoms with E-state index >= 15 is 0 Å². The Hall–Kier alpha value is -5.35. The number of aliphatic hydroxyl groups excluding tert-OH is 1. The first-order chi connectivity index (χ1) is 22.4. The van der Waals surface area contributed by atoms with Gasteiger partial charge in [-0.25, -0.2) is 4.98 Å². The van der Waals surface area contributed by atoms with Crippen LogP contribution >= 0.6 is 11.3 Å². The fourth-order valence-corrected chi connectivity index (χ4v) is 6.34. The summed E-state index contributed by atoms with van der Waals surface area (Å²) in [7, 11) is 1.58. The summed E-state index contributed by atoms with van der Waals surface area (Å²) in [5, 5.41) is 11.9. The zero-order valence-corrected chi connectivity index (χ0v) is 26.4. The maximum atomic E-state index is 13.8. The van der Waals surface area contributed by atoms with Crippen LogP contribution < -0.4 is 23.8 Å². The molecule has 9 nitrogen and oxygen atoms in total. The Bertz CT molecular complexity index is 1920. The van der Waals surface area contributed by atoms with E-state index in [-0.39, 0.29) is 11.3 Å². The number of thiazole rings is 1. The number of anilines is 1. The van der Waals surface area contributed by atoms with Crippen molar-refractivity contribution in [3.05, 3.63) is 113 Å². The van der Waals surface area contributed by atoms with Crippen LogP contribution in [0.4, 0.5) is 5.13 Å². The fourth-order valence-electron chi connectivity index (χ4n) is 5.32. The molecule has 1 unspecified atom stereocenters. The Kier molecular flexibility index (Phi) is 8.89. The molecule has 0 radical (unpaired) electrons. The second-order valence-electron chi connectivity index (χ2n) is 10.4. The molecule has 6 rings (SSSR count). The lowest BCUT2D eigenvalue weighted by molar-refractivity contribution is -0.132. The number of methoxy groups -OCH3 is 1. The molecule has 0 bridgehead atoms. The molecular formula is C36H32N2O7S. The summed E-state index contributed by atoms with van der Waals surface area (Å²) in [4.78, 5) is 33.6. The molecule has 2 heterocycles. The predicted molar refractivity (Wildman–Crippen MR) is 177 cm³/mol. The lowest BCUT2D eigenvalue weighted by Gasteiger charge is -2.24. The van der Waals surface area contributed by atoms with Crippen molar-refractivity contribution in [3.63, 3.8) is 0 Å². The number of nitrogens with zero attached hydrogens (tertiary/aromatic N) is 2. The van der Waals surface area contributed by atoms with Crippen molar-refractivity contribution in [1.82, 2.24) is 4.98 Å². The van der Waals surface area contributed by atoms with Crippen LogP contribution in [0.1, 0.15) is 36.6 Å². The molecule has 1 atom stereocenters. The smallest absolute Gasteiger partial charge is 0.301 e. The topological polar surface area (TPSA) is 107 Å². The van der Waals surface area contributed by atoms with Crippen LogP contribution in [0.3, 0.4) is 0 Å². The van der Waals surface area contributed by atoms with Crippen molar-refractivity contribution in [3.8, 4) is 23.0 Å². The highest BCUT2D eigenvalue weighted by Gasteiger charge is 2.48. The minimum absolute atomic E-state index is 0.0635. The minimum atomic E-state index is -1.00. The molecule has 234 valence electrons. The van der Waals surface area contributed by atoms with Crippen LogP contribution in [0.5, 0.6) is 23.0 Å². The molecule has 1 aliphatic heterocycles. The number of ketones is 1. The lowest BCUT2D eigenvalue weighted by atomic mass is 9.95. The van der Waals surface area contributed by atoms with Crippen molar-refractivity contribution in [2.24, 2.45) is 0 Å². The van der Waals surface area contributed by atoms with Gasteiger partial charge < -0.3 is 24.1 Å². The normalized spacial score (nSPS) is 15.7. The van der Waals surface area contributed by atoms with Crippen LogP contribution in [-0.2, 0) is 16.2 Å². The molecule has 46 heavy (non-hydrogen) atoms. The maximum absolute atomic E-state index is 13.8. The molecule has 1 aromatic heterocycles. The van der Waals surface area contributed by atoms with Gasteiger partial charge >= 0.3 is 5.91 Å². The molecule has 10 heteroatoms. The van der Waals surface area contributed by atoms with Crippen LogP contribution in [0.15, 0.2) is 96.6 Å². The minimum Gasteiger partial charge on any atom is -0.507 e. The van der Waals surface area contributed by atoms with E-state index in [0.717, 1.165) is 10.3 Å². The molecule has 4 aromatic carbocycles. The van der Waals surface area contributed by atoms with Crippen LogP contribution in [0, 0.1) is 0 Å². The Labute approximate surface area is 270 Å². The van der Waals surface area contributed by atoms with E-state index < -0.39 is 17.7 Å². The first-order valence-corrected chi connectivity index (χ1v) is 15.7. The molecule has 5 aromatic rings. The number of ether oxygens (including phenoxy) is 4. The number of Topliss-reactive ketones (excluding diaryl/α,β-unsaturated/α-hetero) is 1. The Balaban J connectivity index is 1.47. The summed E-state index contributed by atoms with van der Waals surface area (Å²) in [6.07, 6.45) is 0. The molecule has 0 aliphatic carbocycles. The molecule has 0 saturated carbocycles. The van der Waals surface area contributed by atoms with Crippen molar-refractivity contribution >= 4 is 44.1 Å². The van der Waals surface area contributed by atoms with Gasteiger partial charge in [-0.2, -0.15) is 0 Å². The Morgan fingerprint density at radius 2 is 1.59 bits per heavy atom. The van der Waals surface area contributed by atoms with E-state index in [2.05, 4.69) is 0 Å². The summed E-state index contributed by atoms with van der Waals surface area (Å²) < 4.78 is 23.8. The molecule has 1 saturated heterocycles. The van der Waals surface area contributed by atoms with E-state index in [9.17, 15) is 14.7 Å². The number of hydrogen-bond donors (Lipinski definition) is 1. The predicted octanol–water partition coefficient (Wildman–Crippen LogP) is 7.31. The largest absolute Gasteiger partial charge is 0.507 e. The zero-order chi connectivity index (χ0) is 32.2. The SMILES string of the molecule is CCOc1ccc(/C(O)=C2\C(=O)C(=O)N(c3nc4ccc(OC)cc4s3)C2c2ccc(OCc3ccccc3)c(OCC)c2)cc1. The Morgan fingerprint density at radius 3 is 2.30 bits per heavy atom. The average molecular weight is 637 g/mol. The van der Waals surface area contributed by atoms with Gasteiger partial charge in [0, 0.05) is 5.56 Å². The summed E-state index contributed by atoms with van der Waals surface area (Å²) in [6, 6.07) is 26.2. The molecule has 1 N–H and O–H groups in total. The second kappa shape index (κ2) is 13.3. The van der Waals surface area contributed by atoms with Gasteiger partial charge in [-0.1, -0.05) is 47.7 Å². The van der Waals surface area contributed by atoms with Gasteiger partial charge in [0.05, 0.1) is 42.2 Å². The number of amides is 1. The molecule has 1 aliphatic rings. The zero-order valence-electron chi connectivity index (χ0n) is 25.6.